The minimum atomic E-state index is -0.473. The van der Waals surface area contributed by atoms with E-state index in [0.29, 0.717) is 5.92 Å². The highest BCUT2D eigenvalue weighted by atomic mass is 28.2. The Hall–Kier alpha value is -0.0862. The van der Waals surface area contributed by atoms with Gasteiger partial charge in [-0.3, -0.25) is 0 Å². The lowest BCUT2D eigenvalue weighted by Crippen LogP contribution is -2.44. The van der Waals surface area contributed by atoms with Crippen molar-refractivity contribution in [1.29, 1.82) is 0 Å². The molecule has 1 atom stereocenters. The summed E-state index contributed by atoms with van der Waals surface area (Å²) in [4.78, 5) is 0. The fourth-order valence-corrected chi connectivity index (χ4v) is 5.20. The summed E-state index contributed by atoms with van der Waals surface area (Å²) in [5.74, 6) is 4.01. The average Bonchev–Trinajstić information content (AvgIpc) is 2.40. The standard InChI is InChI=1S/C15H30O2Si2/c1-6-13(12-10-8-7-9-11-12)15(2,3)14(16-18-4)17-19-5/h1,12-14H,7-11,18-19H2,2-5H3/t13-/m1/s1. The monoisotopic (exact) mass is 298 g/mol. The van der Waals surface area contributed by atoms with Crippen molar-refractivity contribution in [2.45, 2.75) is 65.3 Å². The normalized spacial score (nSPS) is 22.1. The zero-order valence-electron chi connectivity index (χ0n) is 13.1. The Morgan fingerprint density at radius 2 is 1.63 bits per heavy atom. The highest BCUT2D eigenvalue weighted by molar-refractivity contribution is 6.26. The van der Waals surface area contributed by atoms with Crippen LogP contribution in [0.15, 0.2) is 0 Å². The van der Waals surface area contributed by atoms with E-state index in [2.05, 4.69) is 32.9 Å². The zero-order valence-corrected chi connectivity index (χ0v) is 15.9. The first-order valence-corrected chi connectivity index (χ1v) is 11.8. The van der Waals surface area contributed by atoms with E-state index >= 15 is 0 Å². The topological polar surface area (TPSA) is 18.5 Å². The Kier molecular flexibility index (Phi) is 7.37. The Morgan fingerprint density at radius 1 is 1.11 bits per heavy atom. The quantitative estimate of drug-likeness (QED) is 0.408. The Morgan fingerprint density at radius 3 is 2.05 bits per heavy atom. The van der Waals surface area contributed by atoms with Crippen molar-refractivity contribution in [2.24, 2.45) is 17.3 Å². The molecule has 0 amide bonds. The lowest BCUT2D eigenvalue weighted by Gasteiger charge is -2.43. The van der Waals surface area contributed by atoms with Gasteiger partial charge in [0.2, 0.25) is 0 Å². The van der Waals surface area contributed by atoms with Crippen LogP contribution in [0.1, 0.15) is 46.0 Å². The summed E-state index contributed by atoms with van der Waals surface area (Å²) in [7, 11) is -0.946. The molecule has 4 heteroatoms. The minimum Gasteiger partial charge on any atom is -0.400 e. The number of rotatable bonds is 7. The fraction of sp³-hybridized carbons (Fsp3) is 0.867. The third kappa shape index (κ3) is 4.45. The summed E-state index contributed by atoms with van der Waals surface area (Å²) in [5, 5.41) is 0. The van der Waals surface area contributed by atoms with Crippen LogP contribution in [0.25, 0.3) is 0 Å². The summed E-state index contributed by atoms with van der Waals surface area (Å²) in [6.07, 6.45) is 12.4. The maximum atomic E-state index is 5.98. The van der Waals surface area contributed by atoms with Crippen LogP contribution >= 0.6 is 0 Å². The van der Waals surface area contributed by atoms with Crippen molar-refractivity contribution in [2.75, 3.05) is 0 Å². The molecule has 1 saturated carbocycles. The van der Waals surface area contributed by atoms with Crippen molar-refractivity contribution in [3.8, 4) is 12.3 Å². The Balaban J connectivity index is 2.82. The van der Waals surface area contributed by atoms with E-state index in [1.54, 1.807) is 0 Å². The van der Waals surface area contributed by atoms with Crippen molar-refractivity contribution in [3.63, 3.8) is 0 Å². The second-order valence-electron chi connectivity index (χ2n) is 6.11. The van der Waals surface area contributed by atoms with E-state index in [4.69, 9.17) is 15.3 Å². The molecular formula is C15H30O2Si2. The molecule has 0 aromatic carbocycles. The molecule has 110 valence electrons. The highest BCUT2D eigenvalue weighted by Gasteiger charge is 2.41. The van der Waals surface area contributed by atoms with E-state index < -0.39 is 19.5 Å². The van der Waals surface area contributed by atoms with Crippen molar-refractivity contribution < 1.29 is 8.85 Å². The SMILES string of the molecule is C#C[C@H](C1CCCCC1)C(C)(C)C(O[SiH2]C)O[SiH2]C. The van der Waals surface area contributed by atoms with Crippen molar-refractivity contribution >= 4 is 19.5 Å². The predicted molar refractivity (Wildman–Crippen MR) is 87.5 cm³/mol. The second-order valence-corrected chi connectivity index (χ2v) is 7.93. The van der Waals surface area contributed by atoms with Crippen LogP contribution in [-0.4, -0.2) is 25.8 Å². The molecule has 0 radical (unpaired) electrons. The minimum absolute atomic E-state index is 0.0667. The fourth-order valence-electron chi connectivity index (χ4n) is 3.35. The summed E-state index contributed by atoms with van der Waals surface area (Å²) in [6.45, 7) is 8.81. The van der Waals surface area contributed by atoms with Crippen LogP contribution in [-0.2, 0) is 8.85 Å². The lowest BCUT2D eigenvalue weighted by molar-refractivity contribution is -0.105. The van der Waals surface area contributed by atoms with E-state index in [1.807, 2.05) is 0 Å². The molecule has 0 spiro atoms. The van der Waals surface area contributed by atoms with Gasteiger partial charge in [0.1, 0.15) is 6.29 Å². The van der Waals surface area contributed by atoms with Gasteiger partial charge >= 0.3 is 0 Å². The first kappa shape index (κ1) is 17.0. The van der Waals surface area contributed by atoms with Gasteiger partial charge in [-0.05, 0) is 18.8 Å². The van der Waals surface area contributed by atoms with Crippen molar-refractivity contribution in [3.05, 3.63) is 0 Å². The van der Waals surface area contributed by atoms with Gasteiger partial charge < -0.3 is 8.85 Å². The maximum absolute atomic E-state index is 5.98. The van der Waals surface area contributed by atoms with Gasteiger partial charge in [0.25, 0.3) is 0 Å². The molecule has 0 aliphatic heterocycles. The van der Waals surface area contributed by atoms with Crippen molar-refractivity contribution in [1.82, 2.24) is 0 Å². The molecule has 0 saturated heterocycles. The van der Waals surface area contributed by atoms with E-state index in [0.717, 1.165) is 0 Å². The van der Waals surface area contributed by atoms with E-state index in [1.165, 1.54) is 32.1 Å². The Labute approximate surface area is 123 Å². The molecule has 19 heavy (non-hydrogen) atoms. The molecule has 2 nitrogen and oxygen atoms in total. The molecular weight excluding hydrogens is 268 g/mol. The molecule has 0 aromatic rings. The molecule has 0 unspecified atom stereocenters. The molecule has 1 rings (SSSR count). The van der Waals surface area contributed by atoms with Gasteiger partial charge in [0, 0.05) is 11.3 Å². The summed E-state index contributed by atoms with van der Waals surface area (Å²) >= 11 is 0. The number of terminal acetylenes is 1. The van der Waals surface area contributed by atoms with Crippen LogP contribution < -0.4 is 0 Å². The predicted octanol–water partition coefficient (Wildman–Crippen LogP) is 2.47. The van der Waals surface area contributed by atoms with E-state index in [-0.39, 0.29) is 17.6 Å². The number of hydrogen-bond donors (Lipinski definition) is 0. The second kappa shape index (κ2) is 8.26. The van der Waals surface area contributed by atoms with Crippen LogP contribution in [0, 0.1) is 29.6 Å². The van der Waals surface area contributed by atoms with Gasteiger partial charge in [-0.1, -0.05) is 46.2 Å². The summed E-state index contributed by atoms with van der Waals surface area (Å²) in [5.41, 5.74) is -0.0667. The van der Waals surface area contributed by atoms with Gasteiger partial charge in [0.05, 0.1) is 0 Å². The zero-order chi connectivity index (χ0) is 14.3. The molecule has 0 aromatic heterocycles. The van der Waals surface area contributed by atoms with Crippen LogP contribution in [0.5, 0.6) is 0 Å². The molecule has 1 fully saturated rings. The van der Waals surface area contributed by atoms with Gasteiger partial charge in [-0.15, -0.1) is 12.3 Å². The smallest absolute Gasteiger partial charge is 0.161 e. The Bertz CT molecular complexity index is 287. The molecule has 1 aliphatic carbocycles. The lowest BCUT2D eigenvalue weighted by atomic mass is 9.67. The average molecular weight is 299 g/mol. The third-order valence-electron chi connectivity index (χ3n) is 4.35. The number of hydrogen-bond acceptors (Lipinski definition) is 2. The largest absolute Gasteiger partial charge is 0.400 e. The highest BCUT2D eigenvalue weighted by Crippen LogP contribution is 2.42. The van der Waals surface area contributed by atoms with Gasteiger partial charge in [0.15, 0.2) is 19.5 Å². The van der Waals surface area contributed by atoms with Gasteiger partial charge in [-0.25, -0.2) is 0 Å². The first-order valence-electron chi connectivity index (χ1n) is 7.77. The first-order chi connectivity index (χ1) is 9.07. The van der Waals surface area contributed by atoms with E-state index in [9.17, 15) is 0 Å². The maximum Gasteiger partial charge on any atom is 0.161 e. The molecule has 1 aliphatic rings. The van der Waals surface area contributed by atoms with Crippen LogP contribution in [0.3, 0.4) is 0 Å². The molecule has 0 N–H and O–H groups in total. The molecule has 0 bridgehead atoms. The summed E-state index contributed by atoms with van der Waals surface area (Å²) in [6, 6.07) is 0. The molecule has 0 heterocycles. The van der Waals surface area contributed by atoms with Crippen LogP contribution in [0.2, 0.25) is 13.1 Å². The van der Waals surface area contributed by atoms with Gasteiger partial charge in [-0.2, -0.15) is 0 Å². The third-order valence-corrected chi connectivity index (χ3v) is 5.62. The summed E-state index contributed by atoms with van der Waals surface area (Å²) < 4.78 is 12.0. The van der Waals surface area contributed by atoms with Crippen LogP contribution in [0.4, 0.5) is 0 Å².